The van der Waals surface area contributed by atoms with E-state index in [1.165, 1.54) is 0 Å². The molecule has 0 aliphatic heterocycles. The Morgan fingerprint density at radius 2 is 1.57 bits per heavy atom. The normalized spacial score (nSPS) is 12.9. The van der Waals surface area contributed by atoms with Crippen LogP contribution in [0.25, 0.3) is 0 Å². The number of carboxylic acids is 1. The van der Waals surface area contributed by atoms with Crippen LogP contribution in [0.1, 0.15) is 40.7 Å². The first-order valence-corrected chi connectivity index (χ1v) is 9.49. The number of nitrogens with zero attached hydrogens (tertiary/aromatic N) is 1. The number of quaternary nitrogens is 1. The molecular formula is C23H28ClNO5. The Labute approximate surface area is 183 Å². The number of aliphatic carboxylic acids is 1. The lowest BCUT2D eigenvalue weighted by Crippen LogP contribution is -3.00. The summed E-state index contributed by atoms with van der Waals surface area (Å²) in [5, 5.41) is 9.12. The minimum Gasteiger partial charge on any atom is -1.00 e. The highest BCUT2D eigenvalue weighted by Crippen LogP contribution is 2.21. The topological polar surface area (TPSA) is 80.7 Å². The smallest absolute Gasteiger partial charge is 0.313 e. The Balaban J connectivity index is 0.00000450. The number of carbonyl (C=O) groups excluding carboxylic acids is 2. The van der Waals surface area contributed by atoms with Crippen molar-refractivity contribution in [1.82, 2.24) is 0 Å². The fraction of sp³-hybridized carbons (Fsp3) is 0.348. The number of halogens is 1. The van der Waals surface area contributed by atoms with Crippen molar-refractivity contribution in [3.05, 3.63) is 71.3 Å². The third-order valence-corrected chi connectivity index (χ3v) is 4.47. The fourth-order valence-electron chi connectivity index (χ4n) is 3.06. The van der Waals surface area contributed by atoms with E-state index >= 15 is 0 Å². The summed E-state index contributed by atoms with van der Waals surface area (Å²) in [6, 6.07) is 15.8. The van der Waals surface area contributed by atoms with Crippen LogP contribution in [0.2, 0.25) is 0 Å². The quantitative estimate of drug-likeness (QED) is 0.345. The van der Waals surface area contributed by atoms with Crippen LogP contribution < -0.4 is 12.4 Å². The number of hydrogen-bond donors (Lipinski definition) is 1. The predicted molar refractivity (Wildman–Crippen MR) is 110 cm³/mol. The fourth-order valence-corrected chi connectivity index (χ4v) is 3.06. The molecule has 2 aromatic carbocycles. The first kappa shape index (κ1) is 25.3. The number of carbonyl (C=O) groups is 3. The summed E-state index contributed by atoms with van der Waals surface area (Å²) >= 11 is 0. The minimum atomic E-state index is -1.01. The molecule has 0 amide bonds. The highest BCUT2D eigenvalue weighted by molar-refractivity contribution is 6.09. The average molecular weight is 434 g/mol. The Hall–Kier alpha value is -2.70. The molecule has 0 heterocycles. The lowest BCUT2D eigenvalue weighted by Gasteiger charge is -2.29. The average Bonchev–Trinajstić information content (AvgIpc) is 2.65. The van der Waals surface area contributed by atoms with Gasteiger partial charge in [-0.1, -0.05) is 48.5 Å². The van der Waals surface area contributed by atoms with Crippen LogP contribution in [0.5, 0.6) is 0 Å². The maximum atomic E-state index is 12.7. The summed E-state index contributed by atoms with van der Waals surface area (Å²) < 4.78 is 5.99. The second kappa shape index (κ2) is 10.9. The van der Waals surface area contributed by atoms with Crippen LogP contribution in [0.3, 0.4) is 0 Å². The number of ether oxygens (including phenoxy) is 1. The highest BCUT2D eigenvalue weighted by atomic mass is 35.5. The molecule has 6 nitrogen and oxygen atoms in total. The molecule has 0 aromatic heterocycles. The maximum Gasteiger partial charge on any atom is 0.313 e. The first-order valence-electron chi connectivity index (χ1n) is 9.49. The van der Waals surface area contributed by atoms with E-state index in [2.05, 4.69) is 0 Å². The number of carboxylic acid groups (broad SMARTS) is 1. The van der Waals surface area contributed by atoms with Crippen molar-refractivity contribution < 1.29 is 41.1 Å². The van der Waals surface area contributed by atoms with Crippen LogP contribution in [0, 0.1) is 0 Å². The van der Waals surface area contributed by atoms with Crippen LogP contribution in [-0.4, -0.2) is 61.1 Å². The van der Waals surface area contributed by atoms with Gasteiger partial charge in [0.15, 0.2) is 11.9 Å². The summed E-state index contributed by atoms with van der Waals surface area (Å²) in [5.41, 5.74) is 1.71. The van der Waals surface area contributed by atoms with Crippen LogP contribution >= 0.6 is 0 Å². The molecular weight excluding hydrogens is 406 g/mol. The largest absolute Gasteiger partial charge is 1.00 e. The lowest BCUT2D eigenvalue weighted by molar-refractivity contribution is -0.873. The van der Waals surface area contributed by atoms with Gasteiger partial charge >= 0.3 is 11.9 Å². The number of likely N-dealkylation sites (N-methyl/N-ethyl adjacent to an activating group) is 1. The van der Waals surface area contributed by atoms with Crippen molar-refractivity contribution >= 4 is 17.7 Å². The molecule has 2 rings (SSSR count). The van der Waals surface area contributed by atoms with Crippen molar-refractivity contribution in [3.63, 3.8) is 0 Å². The molecule has 7 heteroatoms. The standard InChI is InChI=1S/C23H27NO5.ClH/c1-16(23(28)29-20(14-21(25)26)15-24(2,3)4)18-11-8-12-19(13-18)22(27)17-9-6-5-7-10-17;/h5-13,16,20H,14-15H2,1-4H3;1H/t16?,20-;/m1./s1. The zero-order valence-electron chi connectivity index (χ0n) is 17.7. The van der Waals surface area contributed by atoms with Crippen LogP contribution in [0.15, 0.2) is 54.6 Å². The number of rotatable bonds is 9. The van der Waals surface area contributed by atoms with Crippen molar-refractivity contribution in [2.24, 2.45) is 0 Å². The summed E-state index contributed by atoms with van der Waals surface area (Å²) in [4.78, 5) is 36.5. The van der Waals surface area contributed by atoms with E-state index in [4.69, 9.17) is 9.84 Å². The monoisotopic (exact) mass is 433 g/mol. The Kier molecular flexibility index (Phi) is 9.21. The van der Waals surface area contributed by atoms with Crippen LogP contribution in [-0.2, 0) is 14.3 Å². The number of hydrogen-bond acceptors (Lipinski definition) is 4. The molecule has 30 heavy (non-hydrogen) atoms. The van der Waals surface area contributed by atoms with Gasteiger partial charge in [-0.3, -0.25) is 14.4 Å². The molecule has 1 unspecified atom stereocenters. The molecule has 0 aliphatic carbocycles. The number of ketones is 1. The van der Waals surface area contributed by atoms with E-state index in [1.54, 1.807) is 55.5 Å². The van der Waals surface area contributed by atoms with E-state index in [0.717, 1.165) is 0 Å². The van der Waals surface area contributed by atoms with Gasteiger partial charge in [0, 0.05) is 11.1 Å². The minimum absolute atomic E-state index is 0. The Bertz CT molecular complexity index is 877. The molecule has 0 bridgehead atoms. The van der Waals surface area contributed by atoms with Gasteiger partial charge in [-0.15, -0.1) is 0 Å². The van der Waals surface area contributed by atoms with Gasteiger partial charge in [0.05, 0.1) is 33.5 Å². The highest BCUT2D eigenvalue weighted by Gasteiger charge is 2.27. The molecule has 2 aromatic rings. The van der Waals surface area contributed by atoms with Crippen molar-refractivity contribution in [2.75, 3.05) is 27.7 Å². The summed E-state index contributed by atoms with van der Waals surface area (Å²) in [5.74, 6) is -2.27. The van der Waals surface area contributed by atoms with Gasteiger partial charge in [0.1, 0.15) is 6.54 Å². The Morgan fingerprint density at radius 1 is 0.967 bits per heavy atom. The molecule has 0 radical (unpaired) electrons. The summed E-state index contributed by atoms with van der Waals surface area (Å²) in [6.07, 6.45) is -0.975. The zero-order chi connectivity index (χ0) is 21.6. The molecule has 2 atom stereocenters. The number of esters is 1. The third-order valence-electron chi connectivity index (χ3n) is 4.47. The number of benzene rings is 2. The maximum absolute atomic E-state index is 12.7. The van der Waals surface area contributed by atoms with E-state index < -0.39 is 24.0 Å². The van der Waals surface area contributed by atoms with Gasteiger partial charge in [-0.2, -0.15) is 0 Å². The van der Waals surface area contributed by atoms with Gasteiger partial charge in [-0.25, -0.2) is 0 Å². The Morgan fingerprint density at radius 3 is 2.13 bits per heavy atom. The molecule has 0 saturated heterocycles. The van der Waals surface area contributed by atoms with E-state index in [0.29, 0.717) is 27.7 Å². The summed E-state index contributed by atoms with van der Waals surface area (Å²) in [6.45, 7) is 2.08. The second-order valence-electron chi connectivity index (χ2n) is 8.17. The zero-order valence-corrected chi connectivity index (χ0v) is 18.4. The molecule has 162 valence electrons. The predicted octanol–water partition coefficient (Wildman–Crippen LogP) is 0.118. The third kappa shape index (κ3) is 7.61. The van der Waals surface area contributed by atoms with Crippen molar-refractivity contribution in [2.45, 2.75) is 25.4 Å². The van der Waals surface area contributed by atoms with Crippen molar-refractivity contribution in [3.8, 4) is 0 Å². The van der Waals surface area contributed by atoms with Gasteiger partial charge in [0.2, 0.25) is 0 Å². The van der Waals surface area contributed by atoms with Crippen LogP contribution in [0.4, 0.5) is 0 Å². The molecule has 0 fully saturated rings. The van der Waals surface area contributed by atoms with Gasteiger partial charge < -0.3 is 26.7 Å². The lowest BCUT2D eigenvalue weighted by atomic mass is 9.95. The molecule has 1 N–H and O–H groups in total. The molecule has 0 spiro atoms. The SMILES string of the molecule is CC(C(=O)O[C@H](CC(=O)O)C[N+](C)(C)C)c1cccc(C(=O)c2ccccc2)c1.[Cl-]. The summed E-state index contributed by atoms with van der Waals surface area (Å²) in [7, 11) is 5.72. The van der Waals surface area contributed by atoms with Gasteiger partial charge in [-0.05, 0) is 18.6 Å². The van der Waals surface area contributed by atoms with Crippen molar-refractivity contribution in [1.29, 1.82) is 0 Å². The second-order valence-corrected chi connectivity index (χ2v) is 8.17. The van der Waals surface area contributed by atoms with E-state index in [1.807, 2.05) is 27.2 Å². The molecule has 0 aliphatic rings. The first-order chi connectivity index (χ1) is 13.6. The van der Waals surface area contributed by atoms with E-state index in [9.17, 15) is 14.4 Å². The van der Waals surface area contributed by atoms with E-state index in [-0.39, 0.29) is 24.6 Å². The molecule has 0 saturated carbocycles. The van der Waals surface area contributed by atoms with Gasteiger partial charge in [0.25, 0.3) is 0 Å².